The van der Waals surface area contributed by atoms with E-state index in [1.807, 2.05) is 6.07 Å². The number of phenolic OH excluding ortho intramolecular Hbond substituents is 1. The smallest absolute Gasteiger partial charge is 0.251 e. The van der Waals surface area contributed by atoms with Gasteiger partial charge in [0.05, 0.1) is 0 Å². The van der Waals surface area contributed by atoms with Crippen LogP contribution in [0.2, 0.25) is 0 Å². The number of hydrogen-bond donors (Lipinski definition) is 4. The molecule has 0 saturated heterocycles. The van der Waals surface area contributed by atoms with Crippen LogP contribution in [-0.2, 0) is 6.54 Å². The van der Waals surface area contributed by atoms with Crippen molar-refractivity contribution in [3.05, 3.63) is 65.2 Å². The molecule has 0 spiro atoms. The molecule has 0 saturated carbocycles. The van der Waals surface area contributed by atoms with Crippen molar-refractivity contribution in [1.82, 2.24) is 5.32 Å². The minimum Gasteiger partial charge on any atom is -0.508 e. The van der Waals surface area contributed by atoms with E-state index in [2.05, 4.69) is 10.5 Å². The van der Waals surface area contributed by atoms with E-state index >= 15 is 0 Å². The van der Waals surface area contributed by atoms with E-state index in [4.69, 9.17) is 10.9 Å². The van der Waals surface area contributed by atoms with Crippen LogP contribution in [-0.4, -0.2) is 22.1 Å². The summed E-state index contributed by atoms with van der Waals surface area (Å²) < 4.78 is 0. The van der Waals surface area contributed by atoms with Crippen LogP contribution in [0, 0.1) is 0 Å². The van der Waals surface area contributed by atoms with Gasteiger partial charge in [-0.2, -0.15) is 0 Å². The maximum atomic E-state index is 11.9. The number of oxime groups is 1. The second kappa shape index (κ2) is 6.42. The summed E-state index contributed by atoms with van der Waals surface area (Å²) in [5.41, 5.74) is 7.27. The number of carbonyl (C=O) groups is 1. The highest BCUT2D eigenvalue weighted by molar-refractivity contribution is 5.97. The van der Waals surface area contributed by atoms with Crippen LogP contribution in [0.4, 0.5) is 0 Å². The molecule has 0 aliphatic rings. The Labute approximate surface area is 121 Å². The normalized spacial score (nSPS) is 11.1. The van der Waals surface area contributed by atoms with Gasteiger partial charge >= 0.3 is 0 Å². The Balaban J connectivity index is 2.05. The third-order valence-electron chi connectivity index (χ3n) is 2.89. The van der Waals surface area contributed by atoms with Gasteiger partial charge in [0, 0.05) is 17.7 Å². The Morgan fingerprint density at radius 3 is 2.57 bits per heavy atom. The molecule has 6 heteroatoms. The average molecular weight is 285 g/mol. The molecule has 5 N–H and O–H groups in total. The molecule has 2 aromatic carbocycles. The van der Waals surface area contributed by atoms with Gasteiger partial charge in [0.25, 0.3) is 5.91 Å². The first-order valence-corrected chi connectivity index (χ1v) is 6.24. The van der Waals surface area contributed by atoms with Gasteiger partial charge in [-0.15, -0.1) is 0 Å². The second-order valence-corrected chi connectivity index (χ2v) is 4.42. The second-order valence-electron chi connectivity index (χ2n) is 4.42. The molecular weight excluding hydrogens is 270 g/mol. The van der Waals surface area contributed by atoms with Crippen LogP contribution >= 0.6 is 0 Å². The molecule has 1 amide bonds. The third-order valence-corrected chi connectivity index (χ3v) is 2.89. The lowest BCUT2D eigenvalue weighted by molar-refractivity contribution is 0.0950. The topological polar surface area (TPSA) is 108 Å². The van der Waals surface area contributed by atoms with Gasteiger partial charge in [0.15, 0.2) is 5.84 Å². The molecular formula is C15H15N3O3. The van der Waals surface area contributed by atoms with Gasteiger partial charge < -0.3 is 21.4 Å². The SMILES string of the molecule is NC(=NO)c1cccc(CNC(=O)c2cccc(O)c2)c1. The molecule has 21 heavy (non-hydrogen) atoms. The van der Waals surface area contributed by atoms with Gasteiger partial charge in [-0.1, -0.05) is 29.4 Å². The zero-order valence-electron chi connectivity index (χ0n) is 11.2. The molecule has 0 aliphatic heterocycles. The molecule has 0 radical (unpaired) electrons. The highest BCUT2D eigenvalue weighted by Gasteiger charge is 2.06. The maximum absolute atomic E-state index is 11.9. The molecule has 108 valence electrons. The fourth-order valence-corrected chi connectivity index (χ4v) is 1.83. The van der Waals surface area contributed by atoms with Crippen molar-refractivity contribution < 1.29 is 15.1 Å². The largest absolute Gasteiger partial charge is 0.508 e. The predicted octanol–water partition coefficient (Wildman–Crippen LogP) is 1.42. The quantitative estimate of drug-likeness (QED) is 0.295. The Hall–Kier alpha value is -3.02. The lowest BCUT2D eigenvalue weighted by Crippen LogP contribution is -2.23. The van der Waals surface area contributed by atoms with E-state index < -0.39 is 0 Å². The van der Waals surface area contributed by atoms with Crippen LogP contribution in [0.15, 0.2) is 53.7 Å². The van der Waals surface area contributed by atoms with Crippen LogP contribution in [0.5, 0.6) is 5.75 Å². The van der Waals surface area contributed by atoms with E-state index in [-0.39, 0.29) is 17.5 Å². The molecule has 2 rings (SSSR count). The molecule has 0 unspecified atom stereocenters. The van der Waals surface area contributed by atoms with E-state index in [9.17, 15) is 9.90 Å². The first-order chi connectivity index (χ1) is 10.1. The lowest BCUT2D eigenvalue weighted by atomic mass is 10.1. The Morgan fingerprint density at radius 2 is 1.86 bits per heavy atom. The third kappa shape index (κ3) is 3.73. The van der Waals surface area contributed by atoms with Crippen LogP contribution in [0.3, 0.4) is 0 Å². The number of phenols is 1. The zero-order valence-corrected chi connectivity index (χ0v) is 11.2. The number of amidine groups is 1. The maximum Gasteiger partial charge on any atom is 0.251 e. The van der Waals surface area contributed by atoms with Crippen LogP contribution < -0.4 is 11.1 Å². The number of nitrogens with one attached hydrogen (secondary N) is 1. The molecule has 2 aromatic rings. The highest BCUT2D eigenvalue weighted by atomic mass is 16.4. The fraction of sp³-hybridized carbons (Fsp3) is 0.0667. The Bertz CT molecular complexity index is 683. The molecule has 0 aliphatic carbocycles. The van der Waals surface area contributed by atoms with Crippen LogP contribution in [0.1, 0.15) is 21.5 Å². The zero-order chi connectivity index (χ0) is 15.2. The first-order valence-electron chi connectivity index (χ1n) is 6.24. The number of carbonyl (C=O) groups excluding carboxylic acids is 1. The Morgan fingerprint density at radius 1 is 1.14 bits per heavy atom. The summed E-state index contributed by atoms with van der Waals surface area (Å²) in [5.74, 6) is -0.243. The van der Waals surface area contributed by atoms with E-state index in [1.165, 1.54) is 12.1 Å². The Kier molecular flexibility index (Phi) is 4.40. The van der Waals surface area contributed by atoms with Crippen molar-refractivity contribution in [1.29, 1.82) is 0 Å². The van der Waals surface area contributed by atoms with Crippen molar-refractivity contribution in [2.75, 3.05) is 0 Å². The summed E-state index contributed by atoms with van der Waals surface area (Å²) in [6, 6.07) is 13.1. The van der Waals surface area contributed by atoms with Crippen molar-refractivity contribution in [3.8, 4) is 5.75 Å². The average Bonchev–Trinajstić information content (AvgIpc) is 2.52. The van der Waals surface area contributed by atoms with Gasteiger partial charge in [0.2, 0.25) is 0 Å². The van der Waals surface area contributed by atoms with Crippen molar-refractivity contribution in [2.24, 2.45) is 10.9 Å². The van der Waals surface area contributed by atoms with Crippen molar-refractivity contribution in [3.63, 3.8) is 0 Å². The number of amides is 1. The van der Waals surface area contributed by atoms with Gasteiger partial charge in [-0.05, 0) is 29.8 Å². The summed E-state index contributed by atoms with van der Waals surface area (Å²) in [6.45, 7) is 0.293. The minimum atomic E-state index is -0.292. The summed E-state index contributed by atoms with van der Waals surface area (Å²) >= 11 is 0. The summed E-state index contributed by atoms with van der Waals surface area (Å²) in [4.78, 5) is 11.9. The lowest BCUT2D eigenvalue weighted by Gasteiger charge is -2.07. The van der Waals surface area contributed by atoms with Crippen LogP contribution in [0.25, 0.3) is 0 Å². The van der Waals surface area contributed by atoms with E-state index in [0.717, 1.165) is 5.56 Å². The number of benzene rings is 2. The van der Waals surface area contributed by atoms with Gasteiger partial charge in [-0.25, -0.2) is 0 Å². The monoisotopic (exact) mass is 285 g/mol. The van der Waals surface area contributed by atoms with E-state index in [1.54, 1.807) is 30.3 Å². The molecule has 6 nitrogen and oxygen atoms in total. The number of hydrogen-bond acceptors (Lipinski definition) is 4. The molecule has 0 heterocycles. The summed E-state index contributed by atoms with van der Waals surface area (Å²) in [5, 5.41) is 23.6. The summed E-state index contributed by atoms with van der Waals surface area (Å²) in [7, 11) is 0. The molecule has 0 atom stereocenters. The van der Waals surface area contributed by atoms with Crippen molar-refractivity contribution >= 4 is 11.7 Å². The van der Waals surface area contributed by atoms with Gasteiger partial charge in [-0.3, -0.25) is 4.79 Å². The molecule has 0 bridgehead atoms. The standard InChI is InChI=1S/C15H15N3O3/c16-14(18-21)11-4-1-3-10(7-11)9-17-15(20)12-5-2-6-13(19)8-12/h1-8,19,21H,9H2,(H2,16,18)(H,17,20). The molecule has 0 aromatic heterocycles. The molecule has 0 fully saturated rings. The fourth-order valence-electron chi connectivity index (χ4n) is 1.83. The van der Waals surface area contributed by atoms with Crippen molar-refractivity contribution in [2.45, 2.75) is 6.54 Å². The minimum absolute atomic E-state index is 0.0103. The summed E-state index contributed by atoms with van der Waals surface area (Å²) in [6.07, 6.45) is 0. The number of aromatic hydroxyl groups is 1. The highest BCUT2D eigenvalue weighted by Crippen LogP contribution is 2.11. The number of rotatable bonds is 4. The number of nitrogens with zero attached hydrogens (tertiary/aromatic N) is 1. The van der Waals surface area contributed by atoms with Gasteiger partial charge in [0.1, 0.15) is 5.75 Å². The van der Waals surface area contributed by atoms with E-state index in [0.29, 0.717) is 17.7 Å². The number of nitrogens with two attached hydrogens (primary N) is 1. The first kappa shape index (κ1) is 14.4. The predicted molar refractivity (Wildman–Crippen MR) is 78.2 cm³/mol.